The Morgan fingerprint density at radius 1 is 1.13 bits per heavy atom. The molecular formula is C17H13F4N7O2. The highest BCUT2D eigenvalue weighted by molar-refractivity contribution is 5.96. The summed E-state index contributed by atoms with van der Waals surface area (Å²) in [5.74, 6) is -4.26. The maximum Gasteiger partial charge on any atom is 0.472 e. The molecule has 3 aromatic rings. The number of amides is 2. The highest BCUT2D eigenvalue weighted by atomic mass is 19.4. The number of rotatable bonds is 4. The number of benzene rings is 1. The summed E-state index contributed by atoms with van der Waals surface area (Å²) in [7, 11) is 0. The molecule has 2 amide bonds. The second-order valence-electron chi connectivity index (χ2n) is 5.99. The minimum absolute atomic E-state index is 0.110. The van der Waals surface area contributed by atoms with Gasteiger partial charge in [-0.3, -0.25) is 20.4 Å². The fourth-order valence-electron chi connectivity index (χ4n) is 2.34. The maximum atomic E-state index is 14.2. The van der Waals surface area contributed by atoms with Gasteiger partial charge in [0.2, 0.25) is 0 Å². The Balaban J connectivity index is 1.66. The first-order chi connectivity index (χ1) is 14.1. The molecule has 0 aliphatic carbocycles. The van der Waals surface area contributed by atoms with Crippen LogP contribution in [0.25, 0.3) is 11.3 Å². The van der Waals surface area contributed by atoms with E-state index < -0.39 is 29.4 Å². The van der Waals surface area contributed by atoms with E-state index in [1.807, 2.05) is 0 Å². The number of aromatic nitrogens is 4. The Morgan fingerprint density at radius 2 is 1.90 bits per heavy atom. The lowest BCUT2D eigenvalue weighted by Crippen LogP contribution is -2.47. The second-order valence-corrected chi connectivity index (χ2v) is 5.99. The standard InChI is InChI=1S/C17H13F4N7O2/c18-12-5-9(1-3-11(12)15(29)25-26-16(30)17(19,20)21)7-28-8-13(24-27-28)10-2-4-14(22)23-6-10/h1-6,8H,7H2,(H2,22,23)(H,25,29)(H,26,30). The number of anilines is 1. The van der Waals surface area contributed by atoms with E-state index in [4.69, 9.17) is 5.73 Å². The van der Waals surface area contributed by atoms with Crippen molar-refractivity contribution in [3.05, 3.63) is 59.7 Å². The van der Waals surface area contributed by atoms with Gasteiger partial charge in [0.25, 0.3) is 5.91 Å². The van der Waals surface area contributed by atoms with Crippen molar-refractivity contribution in [2.45, 2.75) is 12.7 Å². The van der Waals surface area contributed by atoms with Crippen molar-refractivity contribution in [2.75, 3.05) is 5.73 Å². The molecule has 9 nitrogen and oxygen atoms in total. The topological polar surface area (TPSA) is 128 Å². The summed E-state index contributed by atoms with van der Waals surface area (Å²) in [5, 5.41) is 7.90. The van der Waals surface area contributed by atoms with Gasteiger partial charge >= 0.3 is 12.1 Å². The van der Waals surface area contributed by atoms with E-state index in [9.17, 15) is 27.2 Å². The zero-order valence-electron chi connectivity index (χ0n) is 14.9. The number of hydrogen-bond donors (Lipinski definition) is 3. The number of nitrogen functional groups attached to an aromatic ring is 1. The van der Waals surface area contributed by atoms with Gasteiger partial charge in [0.05, 0.1) is 18.3 Å². The maximum absolute atomic E-state index is 14.2. The summed E-state index contributed by atoms with van der Waals surface area (Å²) in [5.41, 5.74) is 9.24. The van der Waals surface area contributed by atoms with Gasteiger partial charge in [-0.25, -0.2) is 14.1 Å². The summed E-state index contributed by atoms with van der Waals surface area (Å²) < 4.78 is 52.0. The van der Waals surface area contributed by atoms with E-state index in [1.165, 1.54) is 22.4 Å². The average molecular weight is 423 g/mol. The van der Waals surface area contributed by atoms with Gasteiger partial charge in [0.15, 0.2) is 0 Å². The lowest BCUT2D eigenvalue weighted by molar-refractivity contribution is -0.174. The second kappa shape index (κ2) is 8.14. The van der Waals surface area contributed by atoms with E-state index in [2.05, 4.69) is 15.3 Å². The molecule has 0 saturated carbocycles. The molecule has 0 radical (unpaired) electrons. The van der Waals surface area contributed by atoms with Gasteiger partial charge in [0, 0.05) is 11.8 Å². The number of hydrogen-bond acceptors (Lipinski definition) is 6. The van der Waals surface area contributed by atoms with Crippen molar-refractivity contribution in [3.8, 4) is 11.3 Å². The zero-order chi connectivity index (χ0) is 21.9. The Morgan fingerprint density at radius 3 is 2.53 bits per heavy atom. The normalized spacial score (nSPS) is 11.2. The number of hydrazine groups is 1. The third-order valence-electron chi connectivity index (χ3n) is 3.79. The lowest BCUT2D eigenvalue weighted by atomic mass is 10.1. The fourth-order valence-corrected chi connectivity index (χ4v) is 2.34. The summed E-state index contributed by atoms with van der Waals surface area (Å²) in [4.78, 5) is 26.4. The Kier molecular flexibility index (Phi) is 5.62. The fraction of sp³-hybridized carbons (Fsp3) is 0.118. The van der Waals surface area contributed by atoms with E-state index >= 15 is 0 Å². The highest BCUT2D eigenvalue weighted by Gasteiger charge is 2.39. The van der Waals surface area contributed by atoms with Crippen molar-refractivity contribution < 1.29 is 27.2 Å². The van der Waals surface area contributed by atoms with Gasteiger partial charge in [-0.05, 0) is 29.8 Å². The molecule has 0 spiro atoms. The Labute approximate surface area is 165 Å². The van der Waals surface area contributed by atoms with Crippen LogP contribution in [0.2, 0.25) is 0 Å². The molecule has 0 unspecified atom stereocenters. The Bertz CT molecular complexity index is 1080. The van der Waals surface area contributed by atoms with Crippen LogP contribution in [-0.4, -0.2) is 38.0 Å². The van der Waals surface area contributed by atoms with Gasteiger partial charge in [-0.1, -0.05) is 11.3 Å². The van der Waals surface area contributed by atoms with Gasteiger partial charge < -0.3 is 5.73 Å². The van der Waals surface area contributed by atoms with E-state index in [0.717, 1.165) is 17.6 Å². The number of carbonyl (C=O) groups is 2. The molecule has 0 saturated heterocycles. The zero-order valence-corrected chi connectivity index (χ0v) is 14.9. The number of carbonyl (C=O) groups excluding carboxylic acids is 2. The van der Waals surface area contributed by atoms with Crippen molar-refractivity contribution in [2.24, 2.45) is 0 Å². The van der Waals surface area contributed by atoms with Crippen molar-refractivity contribution in [1.29, 1.82) is 0 Å². The van der Waals surface area contributed by atoms with Crippen LogP contribution in [0.15, 0.2) is 42.7 Å². The summed E-state index contributed by atoms with van der Waals surface area (Å²) >= 11 is 0. The molecule has 0 aliphatic heterocycles. The van der Waals surface area contributed by atoms with E-state index in [-0.39, 0.29) is 6.54 Å². The van der Waals surface area contributed by atoms with Crippen molar-refractivity contribution in [1.82, 2.24) is 30.8 Å². The predicted octanol–water partition coefficient (Wildman–Crippen LogP) is 1.43. The molecule has 0 bridgehead atoms. The largest absolute Gasteiger partial charge is 0.472 e. The number of pyridine rings is 1. The molecule has 4 N–H and O–H groups in total. The monoisotopic (exact) mass is 423 g/mol. The van der Waals surface area contributed by atoms with Crippen LogP contribution in [0.3, 0.4) is 0 Å². The first kappa shape index (κ1) is 20.7. The molecule has 30 heavy (non-hydrogen) atoms. The molecular weight excluding hydrogens is 410 g/mol. The molecule has 2 heterocycles. The van der Waals surface area contributed by atoms with Gasteiger partial charge in [-0.2, -0.15) is 13.2 Å². The van der Waals surface area contributed by atoms with Crippen LogP contribution in [0.1, 0.15) is 15.9 Å². The highest BCUT2D eigenvalue weighted by Crippen LogP contribution is 2.17. The van der Waals surface area contributed by atoms with Crippen LogP contribution < -0.4 is 16.6 Å². The Hall–Kier alpha value is -4.03. The van der Waals surface area contributed by atoms with E-state index in [1.54, 1.807) is 18.3 Å². The number of nitrogens with two attached hydrogens (primary N) is 1. The molecule has 0 fully saturated rings. The quantitative estimate of drug-likeness (QED) is 0.430. The van der Waals surface area contributed by atoms with Crippen LogP contribution in [0, 0.1) is 5.82 Å². The average Bonchev–Trinajstić information content (AvgIpc) is 3.14. The summed E-state index contributed by atoms with van der Waals surface area (Å²) in [6.45, 7) is 0.110. The molecule has 3 rings (SSSR count). The first-order valence-electron chi connectivity index (χ1n) is 8.21. The van der Waals surface area contributed by atoms with Crippen molar-refractivity contribution in [3.63, 3.8) is 0 Å². The van der Waals surface area contributed by atoms with Crippen LogP contribution in [0.5, 0.6) is 0 Å². The molecule has 0 aliphatic rings. The van der Waals surface area contributed by atoms with Crippen molar-refractivity contribution >= 4 is 17.6 Å². The van der Waals surface area contributed by atoms with E-state index in [0.29, 0.717) is 22.6 Å². The number of nitrogens with zero attached hydrogens (tertiary/aromatic N) is 4. The molecule has 0 atom stereocenters. The number of alkyl halides is 3. The summed E-state index contributed by atoms with van der Waals surface area (Å²) in [6, 6.07) is 6.79. The molecule has 1 aromatic carbocycles. The van der Waals surface area contributed by atoms with Crippen LogP contribution >= 0.6 is 0 Å². The molecule has 156 valence electrons. The van der Waals surface area contributed by atoms with Crippen LogP contribution in [-0.2, 0) is 11.3 Å². The molecule has 2 aromatic heterocycles. The first-order valence-corrected chi connectivity index (χ1v) is 8.21. The minimum atomic E-state index is -5.19. The minimum Gasteiger partial charge on any atom is -0.384 e. The summed E-state index contributed by atoms with van der Waals surface area (Å²) in [6.07, 6.45) is -2.07. The number of nitrogens with one attached hydrogen (secondary N) is 2. The lowest BCUT2D eigenvalue weighted by Gasteiger charge is -2.10. The van der Waals surface area contributed by atoms with Gasteiger partial charge in [0.1, 0.15) is 17.3 Å². The third kappa shape index (κ3) is 4.87. The smallest absolute Gasteiger partial charge is 0.384 e. The number of halogens is 4. The molecule has 13 heteroatoms. The van der Waals surface area contributed by atoms with Gasteiger partial charge in [-0.15, -0.1) is 5.10 Å². The van der Waals surface area contributed by atoms with Crippen LogP contribution in [0.4, 0.5) is 23.4 Å². The SMILES string of the molecule is Nc1ccc(-c2cn(Cc3ccc(C(=O)NNC(=O)C(F)(F)F)c(F)c3)nn2)cn1. The third-order valence-corrected chi connectivity index (χ3v) is 3.79. The predicted molar refractivity (Wildman–Crippen MR) is 94.8 cm³/mol.